The molecule has 2 amide bonds. The Bertz CT molecular complexity index is 1320. The molecule has 3 aromatic carbocycles. The summed E-state index contributed by atoms with van der Waals surface area (Å²) in [5.41, 5.74) is 2.22. The van der Waals surface area contributed by atoms with Crippen molar-refractivity contribution < 1.29 is 23.8 Å². The fourth-order valence-electron chi connectivity index (χ4n) is 3.74. The molecule has 0 fully saturated rings. The van der Waals surface area contributed by atoms with Gasteiger partial charge in [-0.05, 0) is 54.1 Å². The Kier molecular flexibility index (Phi) is 9.41. The maximum atomic E-state index is 12.7. The smallest absolute Gasteiger partial charge is 0.234 e. The van der Waals surface area contributed by atoms with Gasteiger partial charge in [0.05, 0.1) is 45.7 Å². The van der Waals surface area contributed by atoms with Crippen molar-refractivity contribution in [1.82, 2.24) is 20.1 Å². The van der Waals surface area contributed by atoms with Gasteiger partial charge in [-0.15, -0.1) is 10.2 Å². The molecule has 0 saturated heterocycles. The molecule has 4 aromatic rings. The van der Waals surface area contributed by atoms with Crippen LogP contribution < -0.4 is 24.8 Å². The maximum absolute atomic E-state index is 12.7. The van der Waals surface area contributed by atoms with E-state index in [4.69, 9.17) is 14.2 Å². The minimum atomic E-state index is -0.200. The Balaban J connectivity index is 1.47. The lowest BCUT2D eigenvalue weighted by atomic mass is 10.1. The third-order valence-corrected chi connectivity index (χ3v) is 6.63. The molecule has 10 nitrogen and oxygen atoms in total. The third-order valence-electron chi connectivity index (χ3n) is 5.70. The van der Waals surface area contributed by atoms with Crippen LogP contribution in [0, 0.1) is 0 Å². The number of rotatable bonds is 12. The zero-order valence-electron chi connectivity index (χ0n) is 21.8. The number of hydrogen-bond acceptors (Lipinski definition) is 8. The van der Waals surface area contributed by atoms with Crippen molar-refractivity contribution in [1.29, 1.82) is 0 Å². The molecule has 1 heterocycles. The van der Waals surface area contributed by atoms with E-state index in [9.17, 15) is 9.59 Å². The number of aromatic nitrogens is 3. The number of anilines is 1. The molecule has 1 aromatic heterocycles. The zero-order valence-corrected chi connectivity index (χ0v) is 22.7. The van der Waals surface area contributed by atoms with E-state index in [1.165, 1.54) is 11.8 Å². The molecule has 0 spiro atoms. The van der Waals surface area contributed by atoms with Crippen LogP contribution in [0.25, 0.3) is 5.69 Å². The van der Waals surface area contributed by atoms with Gasteiger partial charge in [0.2, 0.25) is 11.8 Å². The van der Waals surface area contributed by atoms with Crippen molar-refractivity contribution in [3.05, 3.63) is 84.2 Å². The number of ether oxygens (including phenoxy) is 3. The van der Waals surface area contributed by atoms with Crippen LogP contribution in [0.15, 0.2) is 78.0 Å². The van der Waals surface area contributed by atoms with Crippen LogP contribution in [0.1, 0.15) is 11.4 Å². The predicted molar refractivity (Wildman–Crippen MR) is 149 cm³/mol. The fourth-order valence-corrected chi connectivity index (χ4v) is 4.50. The molecule has 0 unspecified atom stereocenters. The number of thioether (sulfide) groups is 1. The monoisotopic (exact) mass is 547 g/mol. The second kappa shape index (κ2) is 13.3. The molecular formula is C28H29N5O5S. The van der Waals surface area contributed by atoms with Gasteiger partial charge < -0.3 is 24.8 Å². The number of nitrogens with zero attached hydrogens (tertiary/aromatic N) is 3. The Hall–Kier alpha value is -4.51. The third kappa shape index (κ3) is 7.29. The highest BCUT2D eigenvalue weighted by atomic mass is 32.2. The second-order valence-corrected chi connectivity index (χ2v) is 9.22. The Morgan fingerprint density at radius 2 is 1.49 bits per heavy atom. The predicted octanol–water partition coefficient (Wildman–Crippen LogP) is 3.88. The molecule has 2 N–H and O–H groups in total. The first-order valence-corrected chi connectivity index (χ1v) is 13.0. The Morgan fingerprint density at radius 3 is 2.15 bits per heavy atom. The number of nitrogens with one attached hydrogen (secondary N) is 2. The van der Waals surface area contributed by atoms with Crippen molar-refractivity contribution in [3.63, 3.8) is 0 Å². The van der Waals surface area contributed by atoms with E-state index in [0.29, 0.717) is 33.9 Å². The highest BCUT2D eigenvalue weighted by Gasteiger charge is 2.19. The first kappa shape index (κ1) is 27.5. The summed E-state index contributed by atoms with van der Waals surface area (Å²) in [5, 5.41) is 14.9. The van der Waals surface area contributed by atoms with Crippen LogP contribution in [0.5, 0.6) is 17.2 Å². The number of amides is 2. The minimum absolute atomic E-state index is 0.100. The van der Waals surface area contributed by atoms with Gasteiger partial charge in [0, 0.05) is 5.69 Å². The van der Waals surface area contributed by atoms with Crippen LogP contribution in [-0.4, -0.2) is 53.7 Å². The Morgan fingerprint density at radius 1 is 0.821 bits per heavy atom. The van der Waals surface area contributed by atoms with Crippen LogP contribution in [0.2, 0.25) is 0 Å². The minimum Gasteiger partial charge on any atom is -0.497 e. The van der Waals surface area contributed by atoms with E-state index in [1.807, 2.05) is 48.5 Å². The number of methoxy groups -OCH3 is 3. The molecule has 0 radical (unpaired) electrons. The quantitative estimate of drug-likeness (QED) is 0.257. The lowest BCUT2D eigenvalue weighted by Gasteiger charge is -2.14. The lowest BCUT2D eigenvalue weighted by Crippen LogP contribution is -2.26. The second-order valence-electron chi connectivity index (χ2n) is 8.27. The summed E-state index contributed by atoms with van der Waals surface area (Å²) in [6, 6.07) is 21.8. The van der Waals surface area contributed by atoms with E-state index < -0.39 is 0 Å². The normalized spacial score (nSPS) is 10.5. The maximum Gasteiger partial charge on any atom is 0.234 e. The van der Waals surface area contributed by atoms with Gasteiger partial charge in [-0.3, -0.25) is 14.2 Å². The fraction of sp³-hybridized carbons (Fsp3) is 0.214. The largest absolute Gasteiger partial charge is 0.497 e. The summed E-state index contributed by atoms with van der Waals surface area (Å²) in [6.07, 6.45) is 0.208. The van der Waals surface area contributed by atoms with Gasteiger partial charge in [-0.25, -0.2) is 0 Å². The molecule has 0 bridgehead atoms. The first-order valence-electron chi connectivity index (χ1n) is 12.0. The van der Waals surface area contributed by atoms with Gasteiger partial charge in [-0.1, -0.05) is 36.0 Å². The van der Waals surface area contributed by atoms with Crippen molar-refractivity contribution in [2.75, 3.05) is 32.4 Å². The van der Waals surface area contributed by atoms with E-state index >= 15 is 0 Å². The number of carbonyl (C=O) groups excluding carboxylic acids is 2. The zero-order chi connectivity index (χ0) is 27.6. The molecule has 0 saturated carbocycles. The Labute approximate surface area is 230 Å². The van der Waals surface area contributed by atoms with Crippen LogP contribution in [0.4, 0.5) is 5.69 Å². The van der Waals surface area contributed by atoms with Crippen molar-refractivity contribution in [2.45, 2.75) is 18.1 Å². The van der Waals surface area contributed by atoms with Gasteiger partial charge >= 0.3 is 0 Å². The molecule has 0 atom stereocenters. The molecule has 202 valence electrons. The summed E-state index contributed by atoms with van der Waals surface area (Å²) in [4.78, 5) is 25.3. The average molecular weight is 548 g/mol. The highest BCUT2D eigenvalue weighted by Crippen LogP contribution is 2.29. The van der Waals surface area contributed by atoms with Crippen molar-refractivity contribution >= 4 is 29.3 Å². The first-order chi connectivity index (χ1) is 19.0. The summed E-state index contributed by atoms with van der Waals surface area (Å²) in [7, 11) is 4.76. The van der Waals surface area contributed by atoms with Gasteiger partial charge in [0.25, 0.3) is 0 Å². The molecule has 39 heavy (non-hydrogen) atoms. The van der Waals surface area contributed by atoms with E-state index in [2.05, 4.69) is 20.8 Å². The molecule has 4 rings (SSSR count). The number of benzene rings is 3. The van der Waals surface area contributed by atoms with E-state index in [0.717, 1.165) is 11.3 Å². The van der Waals surface area contributed by atoms with E-state index in [-0.39, 0.29) is 30.5 Å². The summed E-state index contributed by atoms with van der Waals surface area (Å²) in [5.74, 6) is 2.27. The molecular weight excluding hydrogens is 518 g/mol. The summed E-state index contributed by atoms with van der Waals surface area (Å²) < 4.78 is 17.7. The van der Waals surface area contributed by atoms with Crippen LogP contribution in [0.3, 0.4) is 0 Å². The van der Waals surface area contributed by atoms with Crippen LogP contribution >= 0.6 is 11.8 Å². The molecule has 0 aliphatic heterocycles. The number of para-hydroxylation sites is 2. The van der Waals surface area contributed by atoms with E-state index in [1.54, 1.807) is 50.2 Å². The van der Waals surface area contributed by atoms with Gasteiger partial charge in [-0.2, -0.15) is 0 Å². The molecule has 11 heteroatoms. The van der Waals surface area contributed by atoms with Crippen molar-refractivity contribution in [3.8, 4) is 22.9 Å². The van der Waals surface area contributed by atoms with Gasteiger partial charge in [0.15, 0.2) is 11.0 Å². The number of hydrogen-bond donors (Lipinski definition) is 2. The molecule has 0 aliphatic carbocycles. The topological polar surface area (TPSA) is 117 Å². The SMILES string of the molecule is COc1ccc(CC(=O)NCc2nnc(SCC(=O)Nc3ccc(OC)cc3)n2-c2ccccc2OC)cc1. The molecule has 0 aliphatic rings. The van der Waals surface area contributed by atoms with Gasteiger partial charge in [0.1, 0.15) is 17.2 Å². The standard InChI is InChI=1S/C28H29N5O5S/c1-36-21-12-8-19(9-13-21)16-26(34)29-17-25-31-32-28(33(25)23-6-4-5-7-24(23)38-3)39-18-27(35)30-20-10-14-22(37-2)15-11-20/h4-15H,16-18H2,1-3H3,(H,29,34)(H,30,35). The van der Waals surface area contributed by atoms with Crippen LogP contribution in [-0.2, 0) is 22.6 Å². The number of carbonyl (C=O) groups is 2. The summed E-state index contributed by atoms with van der Waals surface area (Å²) >= 11 is 1.23. The average Bonchev–Trinajstić information content (AvgIpc) is 3.38. The summed E-state index contributed by atoms with van der Waals surface area (Å²) in [6.45, 7) is 0.138. The lowest BCUT2D eigenvalue weighted by molar-refractivity contribution is -0.120. The van der Waals surface area contributed by atoms with Crippen molar-refractivity contribution in [2.24, 2.45) is 0 Å². The highest BCUT2D eigenvalue weighted by molar-refractivity contribution is 7.99.